The van der Waals surface area contributed by atoms with E-state index in [1.54, 1.807) is 19.9 Å². The number of alkyl halides is 2. The van der Waals surface area contributed by atoms with Crippen molar-refractivity contribution in [2.24, 2.45) is 10.9 Å². The van der Waals surface area contributed by atoms with Crippen LogP contribution in [0.3, 0.4) is 0 Å². The molecule has 1 unspecified atom stereocenters. The fourth-order valence-corrected chi connectivity index (χ4v) is 1.02. The molecule has 1 fully saturated rings. The van der Waals surface area contributed by atoms with Crippen LogP contribution in [0, 0.1) is 5.92 Å². The van der Waals surface area contributed by atoms with Crippen LogP contribution in [0.25, 0.3) is 0 Å². The second-order valence-corrected chi connectivity index (χ2v) is 3.66. The third-order valence-corrected chi connectivity index (χ3v) is 2.10. The maximum atomic E-state index is 12.5. The molecule has 2 nitrogen and oxygen atoms in total. The fourth-order valence-electron chi connectivity index (χ4n) is 1.02. The summed E-state index contributed by atoms with van der Waals surface area (Å²) in [6, 6.07) is 0. The lowest BCUT2D eigenvalue weighted by molar-refractivity contribution is 0.0764. The molecular formula is C11H15F2NO. The molecular weight excluding hydrogens is 200 g/mol. The first-order valence-electron chi connectivity index (χ1n) is 4.82. The quantitative estimate of drug-likeness (QED) is 0.510. The predicted molar refractivity (Wildman–Crippen MR) is 56.1 cm³/mol. The van der Waals surface area contributed by atoms with Gasteiger partial charge in [-0.15, -0.1) is 0 Å². The van der Waals surface area contributed by atoms with Crippen molar-refractivity contribution in [2.75, 3.05) is 6.61 Å². The first-order valence-corrected chi connectivity index (χ1v) is 4.82. The van der Waals surface area contributed by atoms with Crippen molar-refractivity contribution in [3.05, 3.63) is 24.1 Å². The Balaban J connectivity index is 2.33. The number of rotatable bonds is 5. The van der Waals surface area contributed by atoms with Crippen molar-refractivity contribution in [3.63, 3.8) is 0 Å². The van der Waals surface area contributed by atoms with Gasteiger partial charge in [-0.25, -0.2) is 8.78 Å². The SMILES string of the molecule is C=C(C)/N=C\C(=C/C)OCC1CC1(F)F. The van der Waals surface area contributed by atoms with Crippen LogP contribution in [0.4, 0.5) is 8.78 Å². The van der Waals surface area contributed by atoms with Crippen molar-refractivity contribution >= 4 is 6.21 Å². The van der Waals surface area contributed by atoms with Gasteiger partial charge in [-0.05, 0) is 19.9 Å². The van der Waals surface area contributed by atoms with E-state index < -0.39 is 11.8 Å². The van der Waals surface area contributed by atoms with Crippen LogP contribution in [-0.2, 0) is 4.74 Å². The highest BCUT2D eigenvalue weighted by molar-refractivity contribution is 5.76. The maximum Gasteiger partial charge on any atom is 0.255 e. The summed E-state index contributed by atoms with van der Waals surface area (Å²) in [4.78, 5) is 3.93. The molecule has 0 amide bonds. The molecule has 1 aliphatic rings. The van der Waals surface area contributed by atoms with E-state index in [4.69, 9.17) is 4.74 Å². The van der Waals surface area contributed by atoms with E-state index in [1.807, 2.05) is 0 Å². The summed E-state index contributed by atoms with van der Waals surface area (Å²) in [5, 5.41) is 0. The fraction of sp³-hybridized carbons (Fsp3) is 0.545. The minimum Gasteiger partial charge on any atom is -0.492 e. The number of allylic oxidation sites excluding steroid dienone is 3. The Morgan fingerprint density at radius 1 is 1.67 bits per heavy atom. The van der Waals surface area contributed by atoms with Crippen LogP contribution in [0.2, 0.25) is 0 Å². The zero-order valence-corrected chi connectivity index (χ0v) is 8.96. The number of hydrogen-bond acceptors (Lipinski definition) is 2. The number of nitrogens with zero attached hydrogens (tertiary/aromatic N) is 1. The van der Waals surface area contributed by atoms with Gasteiger partial charge in [0.25, 0.3) is 5.92 Å². The monoisotopic (exact) mass is 215 g/mol. The number of aliphatic imine (C=N–C) groups is 1. The molecule has 1 saturated carbocycles. The lowest BCUT2D eigenvalue weighted by atomic mass is 10.4. The van der Waals surface area contributed by atoms with Crippen molar-refractivity contribution < 1.29 is 13.5 Å². The summed E-state index contributed by atoms with van der Waals surface area (Å²) in [7, 11) is 0. The molecule has 0 spiro atoms. The molecule has 15 heavy (non-hydrogen) atoms. The molecule has 4 heteroatoms. The molecule has 0 aliphatic heterocycles. The van der Waals surface area contributed by atoms with Crippen molar-refractivity contribution in [1.82, 2.24) is 0 Å². The summed E-state index contributed by atoms with van der Waals surface area (Å²) in [6.07, 6.45) is 3.11. The van der Waals surface area contributed by atoms with E-state index in [-0.39, 0.29) is 13.0 Å². The molecule has 0 saturated heterocycles. The Morgan fingerprint density at radius 3 is 2.67 bits per heavy atom. The average molecular weight is 215 g/mol. The number of halogens is 2. The van der Waals surface area contributed by atoms with Crippen LogP contribution in [-0.4, -0.2) is 18.7 Å². The Labute approximate surface area is 88.3 Å². The summed E-state index contributed by atoms with van der Waals surface area (Å²) in [5.74, 6) is -2.66. The molecule has 0 aromatic rings. The van der Waals surface area contributed by atoms with Gasteiger partial charge in [-0.2, -0.15) is 0 Å². The highest BCUT2D eigenvalue weighted by Crippen LogP contribution is 2.48. The second-order valence-electron chi connectivity index (χ2n) is 3.66. The minimum atomic E-state index is -2.52. The maximum absolute atomic E-state index is 12.5. The van der Waals surface area contributed by atoms with Gasteiger partial charge in [0, 0.05) is 12.1 Å². The van der Waals surface area contributed by atoms with Gasteiger partial charge < -0.3 is 4.74 Å². The Bertz CT molecular complexity index is 308. The molecule has 0 N–H and O–H groups in total. The zero-order valence-electron chi connectivity index (χ0n) is 8.96. The van der Waals surface area contributed by atoms with Gasteiger partial charge in [-0.3, -0.25) is 4.99 Å². The molecule has 0 heterocycles. The van der Waals surface area contributed by atoms with Gasteiger partial charge in [-0.1, -0.05) is 6.58 Å². The number of hydrogen-bond donors (Lipinski definition) is 0. The Morgan fingerprint density at radius 2 is 2.27 bits per heavy atom. The smallest absolute Gasteiger partial charge is 0.255 e. The topological polar surface area (TPSA) is 21.6 Å². The van der Waals surface area contributed by atoms with Gasteiger partial charge in [0.05, 0.1) is 18.7 Å². The third kappa shape index (κ3) is 3.81. The van der Waals surface area contributed by atoms with E-state index >= 15 is 0 Å². The molecule has 0 aromatic carbocycles. The van der Waals surface area contributed by atoms with Crippen molar-refractivity contribution in [3.8, 4) is 0 Å². The average Bonchev–Trinajstić information content (AvgIpc) is 2.74. The van der Waals surface area contributed by atoms with Gasteiger partial charge in [0.2, 0.25) is 0 Å². The highest BCUT2D eigenvalue weighted by atomic mass is 19.3. The van der Waals surface area contributed by atoms with Gasteiger partial charge in [0.1, 0.15) is 5.76 Å². The summed E-state index contributed by atoms with van der Waals surface area (Å²) in [6.45, 7) is 7.16. The second kappa shape index (κ2) is 4.55. The molecule has 1 rings (SSSR count). The van der Waals surface area contributed by atoms with Crippen LogP contribution in [0.15, 0.2) is 29.1 Å². The molecule has 84 valence electrons. The molecule has 0 aromatic heterocycles. The van der Waals surface area contributed by atoms with Crippen LogP contribution in [0.5, 0.6) is 0 Å². The summed E-state index contributed by atoms with van der Waals surface area (Å²) >= 11 is 0. The van der Waals surface area contributed by atoms with E-state index in [0.29, 0.717) is 11.5 Å². The first kappa shape index (κ1) is 11.9. The van der Waals surface area contributed by atoms with E-state index in [2.05, 4.69) is 11.6 Å². The van der Waals surface area contributed by atoms with Crippen LogP contribution in [0.1, 0.15) is 20.3 Å². The normalized spacial score (nSPS) is 24.3. The van der Waals surface area contributed by atoms with Gasteiger partial charge in [0.15, 0.2) is 0 Å². The summed E-state index contributed by atoms with van der Waals surface area (Å²) in [5.41, 5.74) is 0.648. The Hall–Kier alpha value is -1.19. The summed E-state index contributed by atoms with van der Waals surface area (Å²) < 4.78 is 30.2. The first-order chi connectivity index (χ1) is 6.95. The molecule has 0 radical (unpaired) electrons. The predicted octanol–water partition coefficient (Wildman–Crippen LogP) is 3.17. The largest absolute Gasteiger partial charge is 0.492 e. The number of ether oxygens (including phenoxy) is 1. The highest BCUT2D eigenvalue weighted by Gasteiger charge is 2.57. The third-order valence-electron chi connectivity index (χ3n) is 2.10. The van der Waals surface area contributed by atoms with E-state index in [9.17, 15) is 8.78 Å². The zero-order chi connectivity index (χ0) is 11.5. The van der Waals surface area contributed by atoms with E-state index in [0.717, 1.165) is 0 Å². The Kier molecular flexibility index (Phi) is 3.61. The van der Waals surface area contributed by atoms with Crippen LogP contribution >= 0.6 is 0 Å². The minimum absolute atomic E-state index is 0.0505. The lowest BCUT2D eigenvalue weighted by Crippen LogP contribution is -2.03. The van der Waals surface area contributed by atoms with Crippen molar-refractivity contribution in [1.29, 1.82) is 0 Å². The van der Waals surface area contributed by atoms with Crippen molar-refractivity contribution in [2.45, 2.75) is 26.2 Å². The molecule has 1 aliphatic carbocycles. The standard InChI is InChI=1S/C11H15F2NO/c1-4-10(6-14-8(2)3)15-7-9-5-11(9,12)13/h4,6,9H,2,5,7H2,1,3H3/b10-4+,14-6-. The molecule has 0 bridgehead atoms. The van der Waals surface area contributed by atoms with Crippen LogP contribution < -0.4 is 0 Å². The molecule has 1 atom stereocenters. The van der Waals surface area contributed by atoms with E-state index in [1.165, 1.54) is 6.21 Å². The lowest BCUT2D eigenvalue weighted by Gasteiger charge is -2.04. The van der Waals surface area contributed by atoms with Gasteiger partial charge >= 0.3 is 0 Å².